The molecular formula is C6H14CaO8S2. The third kappa shape index (κ3) is 10.6. The Balaban J connectivity index is -0.000000218. The number of aliphatic hydroxyl groups is 2. The third-order valence-electron chi connectivity index (χ3n) is 1.22. The van der Waals surface area contributed by atoms with E-state index in [1.165, 1.54) is 0 Å². The van der Waals surface area contributed by atoms with Crippen molar-refractivity contribution in [3.63, 3.8) is 0 Å². The van der Waals surface area contributed by atoms with Crippen LogP contribution in [0.3, 0.4) is 0 Å². The van der Waals surface area contributed by atoms with Crippen molar-refractivity contribution in [1.29, 1.82) is 0 Å². The van der Waals surface area contributed by atoms with Gasteiger partial charge >= 0.3 is 37.7 Å². The maximum Gasteiger partial charge on any atom is 2.00 e. The zero-order chi connectivity index (χ0) is 14.0. The average molecular weight is 318 g/mol. The van der Waals surface area contributed by atoms with Crippen molar-refractivity contribution < 1.29 is 36.2 Å². The molecule has 2 N–H and O–H groups in total. The van der Waals surface area contributed by atoms with Crippen LogP contribution in [0.2, 0.25) is 0 Å². The second-order valence-corrected chi connectivity index (χ2v) is 7.62. The zero-order valence-corrected chi connectivity index (χ0v) is 13.7. The molecule has 8 nitrogen and oxygen atoms in total. The Morgan fingerprint density at radius 2 is 0.824 bits per heavy atom. The van der Waals surface area contributed by atoms with Crippen molar-refractivity contribution in [2.45, 2.75) is 37.6 Å². The largest absolute Gasteiger partial charge is 2.00 e. The normalized spacial score (nSPS) is 13.2. The minimum absolute atomic E-state index is 0. The van der Waals surface area contributed by atoms with Crippen LogP contribution in [-0.2, 0) is 20.2 Å². The summed E-state index contributed by atoms with van der Waals surface area (Å²) in [6.07, 6.45) is 0. The van der Waals surface area contributed by atoms with Gasteiger partial charge < -0.3 is 19.3 Å². The minimum atomic E-state index is -4.53. The van der Waals surface area contributed by atoms with Crippen LogP contribution in [0.4, 0.5) is 0 Å². The fourth-order valence-electron chi connectivity index (χ4n) is 0. The van der Waals surface area contributed by atoms with Crippen molar-refractivity contribution in [3.8, 4) is 0 Å². The van der Waals surface area contributed by atoms with E-state index in [1.807, 2.05) is 0 Å². The summed E-state index contributed by atoms with van der Waals surface area (Å²) in [5.74, 6) is 0. The molecule has 0 fully saturated rings. The van der Waals surface area contributed by atoms with Crippen LogP contribution >= 0.6 is 0 Å². The summed E-state index contributed by atoms with van der Waals surface area (Å²) in [6, 6.07) is 0. The van der Waals surface area contributed by atoms with Gasteiger partial charge in [-0.3, -0.25) is 0 Å². The molecule has 0 atom stereocenters. The predicted molar refractivity (Wildman–Crippen MR) is 57.7 cm³/mol. The Bertz CT molecular complexity index is 368. The van der Waals surface area contributed by atoms with Gasteiger partial charge in [0.15, 0.2) is 0 Å². The summed E-state index contributed by atoms with van der Waals surface area (Å²) < 4.78 is 59.1. The van der Waals surface area contributed by atoms with Crippen molar-refractivity contribution in [3.05, 3.63) is 0 Å². The van der Waals surface area contributed by atoms with E-state index in [4.69, 9.17) is 10.2 Å². The van der Waals surface area contributed by atoms with Crippen molar-refractivity contribution in [2.24, 2.45) is 0 Å². The quantitative estimate of drug-likeness (QED) is 0.443. The van der Waals surface area contributed by atoms with E-state index in [1.54, 1.807) is 0 Å². The molecule has 0 rings (SSSR count). The SMILES string of the molecule is CC(C)(O)S(=O)(=O)[O-].CC(C)(O)S(=O)(=O)[O-].[Ca+2]. The molecule has 0 aliphatic rings. The summed E-state index contributed by atoms with van der Waals surface area (Å²) in [5.41, 5.74) is 0. The minimum Gasteiger partial charge on any atom is -0.746 e. The van der Waals surface area contributed by atoms with E-state index in [-0.39, 0.29) is 37.7 Å². The van der Waals surface area contributed by atoms with Gasteiger partial charge in [-0.2, -0.15) is 0 Å². The van der Waals surface area contributed by atoms with Crippen LogP contribution < -0.4 is 0 Å². The first kappa shape index (κ1) is 23.1. The molecule has 0 aromatic heterocycles. The van der Waals surface area contributed by atoms with Crippen molar-refractivity contribution in [1.82, 2.24) is 0 Å². The van der Waals surface area contributed by atoms with Gasteiger partial charge in [0.25, 0.3) is 0 Å². The van der Waals surface area contributed by atoms with Gasteiger partial charge in [-0.1, -0.05) is 0 Å². The molecular weight excluding hydrogens is 304 g/mol. The Morgan fingerprint density at radius 1 is 0.765 bits per heavy atom. The Morgan fingerprint density at radius 3 is 0.824 bits per heavy atom. The fourth-order valence-corrected chi connectivity index (χ4v) is 0. The van der Waals surface area contributed by atoms with Crippen LogP contribution in [0.15, 0.2) is 0 Å². The van der Waals surface area contributed by atoms with E-state index >= 15 is 0 Å². The van der Waals surface area contributed by atoms with Crippen LogP contribution in [0.5, 0.6) is 0 Å². The van der Waals surface area contributed by atoms with Gasteiger partial charge in [-0.05, 0) is 27.7 Å². The Hall–Kier alpha value is 1.000. The molecule has 0 aromatic carbocycles. The molecule has 100 valence electrons. The first-order chi connectivity index (χ1) is 6.50. The van der Waals surface area contributed by atoms with E-state index in [0.29, 0.717) is 0 Å². The summed E-state index contributed by atoms with van der Waals surface area (Å²) in [7, 11) is -9.07. The number of hydrogen-bond acceptors (Lipinski definition) is 8. The Kier molecular flexibility index (Phi) is 9.47. The molecule has 0 aliphatic heterocycles. The molecule has 0 saturated heterocycles. The summed E-state index contributed by atoms with van der Waals surface area (Å²) >= 11 is 0. The monoisotopic (exact) mass is 318 g/mol. The van der Waals surface area contributed by atoms with Crippen LogP contribution in [0.1, 0.15) is 27.7 Å². The standard InChI is InChI=1S/2C3H8O4S.Ca/c2*1-3(2,4)8(5,6)7;/h2*4H,1-2H3,(H,5,6,7);/q;;+2/p-2. The first-order valence-electron chi connectivity index (χ1n) is 3.86. The first-order valence-corrected chi connectivity index (χ1v) is 6.67. The molecule has 0 heterocycles. The van der Waals surface area contributed by atoms with E-state index in [0.717, 1.165) is 27.7 Å². The van der Waals surface area contributed by atoms with Gasteiger partial charge in [0.05, 0.1) is 0 Å². The molecule has 0 aromatic rings. The number of hydrogen-bond donors (Lipinski definition) is 2. The van der Waals surface area contributed by atoms with Crippen LogP contribution in [0, 0.1) is 0 Å². The molecule has 0 bridgehead atoms. The summed E-state index contributed by atoms with van der Waals surface area (Å²) in [5, 5.41) is 16.9. The van der Waals surface area contributed by atoms with Gasteiger partial charge in [0.1, 0.15) is 30.1 Å². The predicted octanol–water partition coefficient (Wildman–Crippen LogP) is -1.86. The molecule has 0 unspecified atom stereocenters. The van der Waals surface area contributed by atoms with Crippen LogP contribution in [0.25, 0.3) is 0 Å². The molecule has 0 radical (unpaired) electrons. The second-order valence-electron chi connectivity index (χ2n) is 3.80. The fraction of sp³-hybridized carbons (Fsp3) is 1.00. The number of rotatable bonds is 2. The maximum absolute atomic E-state index is 9.85. The molecule has 0 saturated carbocycles. The van der Waals surface area contributed by atoms with Crippen molar-refractivity contribution in [2.75, 3.05) is 0 Å². The molecule has 0 spiro atoms. The van der Waals surface area contributed by atoms with Gasteiger partial charge in [0.2, 0.25) is 0 Å². The van der Waals surface area contributed by atoms with Gasteiger partial charge in [-0.25, -0.2) is 16.8 Å². The zero-order valence-electron chi connectivity index (χ0n) is 9.87. The van der Waals surface area contributed by atoms with E-state index in [2.05, 4.69) is 0 Å². The van der Waals surface area contributed by atoms with E-state index < -0.39 is 30.1 Å². The third-order valence-corrected chi connectivity index (χ3v) is 3.67. The van der Waals surface area contributed by atoms with Crippen LogP contribution in [-0.4, -0.2) is 83.8 Å². The van der Waals surface area contributed by atoms with E-state index in [9.17, 15) is 25.9 Å². The Labute approximate surface area is 131 Å². The average Bonchev–Trinajstić information content (AvgIpc) is 1.77. The molecule has 0 aliphatic carbocycles. The summed E-state index contributed by atoms with van der Waals surface area (Å²) in [4.78, 5) is -4.29. The van der Waals surface area contributed by atoms with Gasteiger partial charge in [-0.15, -0.1) is 0 Å². The second kappa shape index (κ2) is 6.96. The maximum atomic E-state index is 9.85. The summed E-state index contributed by atoms with van der Waals surface area (Å²) in [6.45, 7) is 3.70. The van der Waals surface area contributed by atoms with Crippen molar-refractivity contribution >= 4 is 58.0 Å². The topological polar surface area (TPSA) is 155 Å². The smallest absolute Gasteiger partial charge is 0.746 e. The molecule has 11 heteroatoms. The molecule has 17 heavy (non-hydrogen) atoms. The van der Waals surface area contributed by atoms with Gasteiger partial charge in [0, 0.05) is 0 Å². The molecule has 0 amide bonds.